The molecule has 0 fully saturated rings. The van der Waals surface area contributed by atoms with Gasteiger partial charge in [0, 0.05) is 17.0 Å². The Labute approximate surface area is 116 Å². The summed E-state index contributed by atoms with van der Waals surface area (Å²) in [7, 11) is 0. The lowest BCUT2D eigenvalue weighted by molar-refractivity contribution is 0.590. The van der Waals surface area contributed by atoms with Gasteiger partial charge in [0.15, 0.2) is 11.6 Å². The van der Waals surface area contributed by atoms with E-state index in [9.17, 15) is 13.2 Å². The van der Waals surface area contributed by atoms with Gasteiger partial charge in [0.1, 0.15) is 22.3 Å². The molecule has 0 aliphatic rings. The zero-order chi connectivity index (χ0) is 14.3. The van der Waals surface area contributed by atoms with Crippen LogP contribution in [0.2, 0.25) is 5.15 Å². The molecule has 20 heavy (non-hydrogen) atoms. The van der Waals surface area contributed by atoms with Gasteiger partial charge in [-0.2, -0.15) is 0 Å². The first kappa shape index (κ1) is 12.9. The third-order valence-corrected chi connectivity index (χ3v) is 3.06. The van der Waals surface area contributed by atoms with Crippen molar-refractivity contribution in [3.8, 4) is 11.4 Å². The Morgan fingerprint density at radius 3 is 2.25 bits per heavy atom. The molecule has 0 spiro atoms. The number of benzene rings is 2. The summed E-state index contributed by atoms with van der Waals surface area (Å²) in [5, 5.41) is 0.0303. The molecule has 0 radical (unpaired) electrons. The SMILES string of the molecule is Fc1ccc(-c2nc(Cl)c3cc(F)cc(F)c3n2)cc1. The van der Waals surface area contributed by atoms with Gasteiger partial charge >= 0.3 is 0 Å². The maximum Gasteiger partial charge on any atom is 0.161 e. The van der Waals surface area contributed by atoms with Gasteiger partial charge in [-0.05, 0) is 30.3 Å². The maximum atomic E-state index is 13.7. The van der Waals surface area contributed by atoms with Crippen molar-refractivity contribution < 1.29 is 13.2 Å². The van der Waals surface area contributed by atoms with Crippen LogP contribution in [0, 0.1) is 17.5 Å². The van der Waals surface area contributed by atoms with Gasteiger partial charge in [0.25, 0.3) is 0 Å². The molecule has 1 aromatic heterocycles. The van der Waals surface area contributed by atoms with Crippen LogP contribution in [-0.4, -0.2) is 9.97 Å². The molecule has 6 heteroatoms. The third kappa shape index (κ3) is 2.20. The van der Waals surface area contributed by atoms with Crippen LogP contribution in [0.15, 0.2) is 36.4 Å². The average Bonchev–Trinajstić information content (AvgIpc) is 2.40. The van der Waals surface area contributed by atoms with Crippen molar-refractivity contribution in [2.24, 2.45) is 0 Å². The molecule has 1 heterocycles. The van der Waals surface area contributed by atoms with Gasteiger partial charge in [-0.15, -0.1) is 0 Å². The summed E-state index contributed by atoms with van der Waals surface area (Å²) >= 11 is 5.93. The van der Waals surface area contributed by atoms with Crippen LogP contribution in [0.3, 0.4) is 0 Å². The Balaban J connectivity index is 2.26. The summed E-state index contributed by atoms with van der Waals surface area (Å²) in [6.07, 6.45) is 0. The van der Waals surface area contributed by atoms with Crippen molar-refractivity contribution in [2.45, 2.75) is 0 Å². The summed E-state index contributed by atoms with van der Waals surface area (Å²) in [6.45, 7) is 0. The lowest BCUT2D eigenvalue weighted by Crippen LogP contribution is -1.95. The highest BCUT2D eigenvalue weighted by Crippen LogP contribution is 2.27. The number of aromatic nitrogens is 2. The van der Waals surface area contributed by atoms with Gasteiger partial charge in [0.2, 0.25) is 0 Å². The molecule has 0 aliphatic heterocycles. The van der Waals surface area contributed by atoms with Crippen LogP contribution in [0.5, 0.6) is 0 Å². The zero-order valence-electron chi connectivity index (χ0n) is 9.87. The number of nitrogens with zero attached hydrogens (tertiary/aromatic N) is 2. The summed E-state index contributed by atoms with van der Waals surface area (Å²) in [6, 6.07) is 7.16. The fourth-order valence-corrected chi connectivity index (χ4v) is 2.07. The number of halogens is 4. The molecule has 0 unspecified atom stereocenters. The summed E-state index contributed by atoms with van der Waals surface area (Å²) in [4.78, 5) is 8.00. The molecule has 2 nitrogen and oxygen atoms in total. The second-order valence-electron chi connectivity index (χ2n) is 4.13. The fraction of sp³-hybridized carbons (Fsp3) is 0. The van der Waals surface area contributed by atoms with Crippen molar-refractivity contribution in [3.05, 3.63) is 59.0 Å². The van der Waals surface area contributed by atoms with Crippen LogP contribution in [0.4, 0.5) is 13.2 Å². The standard InChI is InChI=1S/C14H6ClF3N2/c15-13-10-5-9(17)6-11(18)12(10)19-14(20-13)7-1-3-8(16)4-2-7/h1-6H. The first-order valence-corrected chi connectivity index (χ1v) is 6.00. The highest BCUT2D eigenvalue weighted by molar-refractivity contribution is 6.34. The highest BCUT2D eigenvalue weighted by atomic mass is 35.5. The van der Waals surface area contributed by atoms with Gasteiger partial charge < -0.3 is 0 Å². The van der Waals surface area contributed by atoms with Crippen molar-refractivity contribution in [2.75, 3.05) is 0 Å². The van der Waals surface area contributed by atoms with Crippen LogP contribution in [0.1, 0.15) is 0 Å². The molecule has 3 aromatic rings. The smallest absolute Gasteiger partial charge is 0.161 e. The molecule has 0 aliphatic carbocycles. The summed E-state index contributed by atoms with van der Waals surface area (Å²) in [5.74, 6) is -1.84. The molecular formula is C14H6ClF3N2. The Kier molecular flexibility index (Phi) is 3.06. The van der Waals surface area contributed by atoms with E-state index in [1.165, 1.54) is 24.3 Å². The molecule has 2 aromatic carbocycles. The predicted octanol–water partition coefficient (Wildman–Crippen LogP) is 4.37. The molecule has 0 atom stereocenters. The molecule has 0 bridgehead atoms. The van der Waals surface area contributed by atoms with Crippen LogP contribution in [0.25, 0.3) is 22.3 Å². The lowest BCUT2D eigenvalue weighted by atomic mass is 10.2. The fourth-order valence-electron chi connectivity index (χ4n) is 1.85. The summed E-state index contributed by atoms with van der Waals surface area (Å²) < 4.78 is 39.8. The number of fused-ring (bicyclic) bond motifs is 1. The second-order valence-corrected chi connectivity index (χ2v) is 4.49. The molecular weight excluding hydrogens is 289 g/mol. The van der Waals surface area contributed by atoms with Crippen molar-refractivity contribution in [3.63, 3.8) is 0 Å². The van der Waals surface area contributed by atoms with E-state index in [1.54, 1.807) is 0 Å². The van der Waals surface area contributed by atoms with E-state index >= 15 is 0 Å². The molecule has 0 amide bonds. The predicted molar refractivity (Wildman–Crippen MR) is 69.9 cm³/mol. The van der Waals surface area contributed by atoms with Gasteiger partial charge in [-0.25, -0.2) is 23.1 Å². The number of hydrogen-bond donors (Lipinski definition) is 0. The van der Waals surface area contributed by atoms with Crippen LogP contribution in [-0.2, 0) is 0 Å². The van der Waals surface area contributed by atoms with Crippen LogP contribution < -0.4 is 0 Å². The second kappa shape index (κ2) is 4.76. The minimum Gasteiger partial charge on any atom is -0.225 e. The van der Waals surface area contributed by atoms with Gasteiger partial charge in [0.05, 0.1) is 0 Å². The first-order valence-electron chi connectivity index (χ1n) is 5.63. The van der Waals surface area contributed by atoms with Crippen molar-refractivity contribution >= 4 is 22.5 Å². The molecule has 0 saturated carbocycles. The maximum absolute atomic E-state index is 13.7. The number of hydrogen-bond acceptors (Lipinski definition) is 2. The van der Waals surface area contributed by atoms with Crippen molar-refractivity contribution in [1.82, 2.24) is 9.97 Å². The number of rotatable bonds is 1. The topological polar surface area (TPSA) is 25.8 Å². The normalized spacial score (nSPS) is 11.0. The van der Waals surface area contributed by atoms with Crippen molar-refractivity contribution in [1.29, 1.82) is 0 Å². The first-order chi connectivity index (χ1) is 9.54. The van der Waals surface area contributed by atoms with E-state index in [4.69, 9.17) is 11.6 Å². The van der Waals surface area contributed by atoms with E-state index in [1.807, 2.05) is 0 Å². The monoisotopic (exact) mass is 294 g/mol. The molecule has 100 valence electrons. The average molecular weight is 295 g/mol. The Bertz CT molecular complexity index is 804. The largest absolute Gasteiger partial charge is 0.225 e. The Hall–Kier alpha value is -2.14. The third-order valence-electron chi connectivity index (χ3n) is 2.77. The van der Waals surface area contributed by atoms with Gasteiger partial charge in [-0.3, -0.25) is 0 Å². The molecule has 0 N–H and O–H groups in total. The summed E-state index contributed by atoms with van der Waals surface area (Å²) in [5.41, 5.74) is 0.407. The van der Waals surface area contributed by atoms with E-state index in [-0.39, 0.29) is 21.9 Å². The van der Waals surface area contributed by atoms with Gasteiger partial charge in [-0.1, -0.05) is 11.6 Å². The Morgan fingerprint density at radius 2 is 1.55 bits per heavy atom. The minimum atomic E-state index is -0.826. The van der Waals surface area contributed by atoms with Crippen LogP contribution >= 0.6 is 11.6 Å². The molecule has 0 saturated heterocycles. The quantitative estimate of drug-likeness (QED) is 0.623. The van der Waals surface area contributed by atoms with E-state index < -0.39 is 17.5 Å². The Morgan fingerprint density at radius 1 is 0.850 bits per heavy atom. The van der Waals surface area contributed by atoms with E-state index in [2.05, 4.69) is 9.97 Å². The molecule has 3 rings (SSSR count). The lowest BCUT2D eigenvalue weighted by Gasteiger charge is -2.05. The zero-order valence-corrected chi connectivity index (χ0v) is 10.6. The highest BCUT2D eigenvalue weighted by Gasteiger charge is 2.13. The minimum absolute atomic E-state index is 0.0623. The van der Waals surface area contributed by atoms with E-state index in [0.717, 1.165) is 12.1 Å². The van der Waals surface area contributed by atoms with E-state index in [0.29, 0.717) is 5.56 Å².